The largest absolute Gasteiger partial charge is 0.480 e. The lowest BCUT2D eigenvalue weighted by Gasteiger charge is -2.30. The van der Waals surface area contributed by atoms with Crippen molar-refractivity contribution in [1.29, 1.82) is 0 Å². The summed E-state index contributed by atoms with van der Waals surface area (Å²) in [6.45, 7) is 0. The summed E-state index contributed by atoms with van der Waals surface area (Å²) in [6.07, 6.45) is 4.00. The van der Waals surface area contributed by atoms with Crippen LogP contribution in [0.4, 0.5) is 5.69 Å². The third kappa shape index (κ3) is 3.82. The van der Waals surface area contributed by atoms with Crippen molar-refractivity contribution in [3.8, 4) is 0 Å². The van der Waals surface area contributed by atoms with E-state index in [1.807, 2.05) is 18.2 Å². The molecule has 0 saturated heterocycles. The van der Waals surface area contributed by atoms with Crippen LogP contribution in [0.5, 0.6) is 0 Å². The van der Waals surface area contributed by atoms with Gasteiger partial charge < -0.3 is 15.2 Å². The predicted molar refractivity (Wildman–Crippen MR) is 93.6 cm³/mol. The Bertz CT molecular complexity index is 662. The lowest BCUT2D eigenvalue weighted by Crippen LogP contribution is -2.48. The Kier molecular flexibility index (Phi) is 5.33. The smallest absolute Gasteiger partial charge is 0.328 e. The van der Waals surface area contributed by atoms with Crippen LogP contribution in [-0.4, -0.2) is 48.0 Å². The van der Waals surface area contributed by atoms with E-state index in [0.717, 1.165) is 25.7 Å². The number of ether oxygens (including phenoxy) is 1. The van der Waals surface area contributed by atoms with Crippen molar-refractivity contribution in [2.24, 2.45) is 5.10 Å². The molecule has 7 heteroatoms. The minimum Gasteiger partial charge on any atom is -0.480 e. The first-order valence-corrected chi connectivity index (χ1v) is 8.58. The molecular weight excluding hydrogens is 322 g/mol. The Morgan fingerprint density at radius 2 is 1.96 bits per heavy atom. The highest BCUT2D eigenvalue weighted by Crippen LogP contribution is 2.25. The number of para-hydroxylation sites is 1. The molecule has 1 unspecified atom stereocenters. The Balaban J connectivity index is 1.75. The number of amides is 1. The average Bonchev–Trinajstić information content (AvgIpc) is 3.09. The SMILES string of the molecule is CO[C@H]1CCCC[C@@H]1NC(=O)C1=NN(c2ccccc2)C(C(=O)O)C1. The van der Waals surface area contributed by atoms with Gasteiger partial charge in [-0.1, -0.05) is 31.0 Å². The molecule has 134 valence electrons. The molecule has 2 aliphatic rings. The van der Waals surface area contributed by atoms with Gasteiger partial charge in [-0.15, -0.1) is 0 Å². The van der Waals surface area contributed by atoms with Gasteiger partial charge in [0.05, 0.1) is 17.8 Å². The van der Waals surface area contributed by atoms with Crippen LogP contribution in [0.25, 0.3) is 0 Å². The van der Waals surface area contributed by atoms with Gasteiger partial charge in [0.1, 0.15) is 5.71 Å². The molecule has 3 atom stereocenters. The maximum absolute atomic E-state index is 12.6. The third-order valence-electron chi connectivity index (χ3n) is 4.80. The second-order valence-electron chi connectivity index (χ2n) is 6.42. The van der Waals surface area contributed by atoms with Crippen LogP contribution in [0, 0.1) is 0 Å². The van der Waals surface area contributed by atoms with Gasteiger partial charge >= 0.3 is 5.97 Å². The first-order chi connectivity index (χ1) is 12.1. The monoisotopic (exact) mass is 345 g/mol. The fourth-order valence-corrected chi connectivity index (χ4v) is 3.45. The maximum atomic E-state index is 12.6. The van der Waals surface area contributed by atoms with Gasteiger partial charge in [-0.05, 0) is 25.0 Å². The summed E-state index contributed by atoms with van der Waals surface area (Å²) < 4.78 is 5.46. The lowest BCUT2D eigenvalue weighted by atomic mass is 9.92. The van der Waals surface area contributed by atoms with Crippen molar-refractivity contribution in [3.63, 3.8) is 0 Å². The normalized spacial score (nSPS) is 26.2. The number of carboxylic acids is 1. The molecule has 0 spiro atoms. The number of rotatable bonds is 5. The molecule has 1 fully saturated rings. The zero-order valence-corrected chi connectivity index (χ0v) is 14.2. The Morgan fingerprint density at radius 3 is 2.64 bits per heavy atom. The molecule has 0 radical (unpaired) electrons. The molecule has 1 amide bonds. The summed E-state index contributed by atoms with van der Waals surface area (Å²) in [5.41, 5.74) is 0.904. The highest BCUT2D eigenvalue weighted by atomic mass is 16.5. The summed E-state index contributed by atoms with van der Waals surface area (Å²) in [5, 5.41) is 18.2. The summed E-state index contributed by atoms with van der Waals surface area (Å²) in [4.78, 5) is 24.2. The van der Waals surface area contributed by atoms with Crippen molar-refractivity contribution in [2.45, 2.75) is 50.3 Å². The summed E-state index contributed by atoms with van der Waals surface area (Å²) >= 11 is 0. The van der Waals surface area contributed by atoms with E-state index in [1.165, 1.54) is 5.01 Å². The van der Waals surface area contributed by atoms with Crippen LogP contribution in [-0.2, 0) is 14.3 Å². The van der Waals surface area contributed by atoms with Crippen LogP contribution in [0.2, 0.25) is 0 Å². The maximum Gasteiger partial charge on any atom is 0.328 e. The highest BCUT2D eigenvalue weighted by Gasteiger charge is 2.37. The van der Waals surface area contributed by atoms with Gasteiger partial charge in [-0.3, -0.25) is 9.80 Å². The minimum absolute atomic E-state index is 0.000185. The summed E-state index contributed by atoms with van der Waals surface area (Å²) in [7, 11) is 1.65. The van der Waals surface area contributed by atoms with Crippen molar-refractivity contribution in [2.75, 3.05) is 12.1 Å². The topological polar surface area (TPSA) is 91.2 Å². The number of carbonyl (C=O) groups excluding carboxylic acids is 1. The summed E-state index contributed by atoms with van der Waals surface area (Å²) in [5.74, 6) is -1.30. The lowest BCUT2D eigenvalue weighted by molar-refractivity contribution is -0.138. The van der Waals surface area contributed by atoms with Crippen molar-refractivity contribution < 1.29 is 19.4 Å². The van der Waals surface area contributed by atoms with Gasteiger partial charge in [0.25, 0.3) is 5.91 Å². The molecule has 2 N–H and O–H groups in total. The van der Waals surface area contributed by atoms with Crippen LogP contribution < -0.4 is 10.3 Å². The van der Waals surface area contributed by atoms with E-state index < -0.39 is 12.0 Å². The molecule has 1 saturated carbocycles. The molecule has 1 heterocycles. The first kappa shape index (κ1) is 17.4. The number of hydrogen-bond acceptors (Lipinski definition) is 5. The van der Waals surface area contributed by atoms with Gasteiger partial charge in [-0.2, -0.15) is 5.10 Å². The molecule has 1 aliphatic carbocycles. The first-order valence-electron chi connectivity index (χ1n) is 8.58. The fourth-order valence-electron chi connectivity index (χ4n) is 3.45. The van der Waals surface area contributed by atoms with E-state index in [2.05, 4.69) is 10.4 Å². The second-order valence-corrected chi connectivity index (χ2v) is 6.42. The third-order valence-corrected chi connectivity index (χ3v) is 4.80. The Labute approximate surface area is 146 Å². The number of benzene rings is 1. The molecule has 0 aromatic heterocycles. The van der Waals surface area contributed by atoms with Crippen LogP contribution in [0.1, 0.15) is 32.1 Å². The zero-order chi connectivity index (χ0) is 17.8. The number of aliphatic carboxylic acids is 1. The van der Waals surface area contributed by atoms with E-state index in [1.54, 1.807) is 19.2 Å². The molecule has 1 aromatic carbocycles. The zero-order valence-electron chi connectivity index (χ0n) is 14.2. The second kappa shape index (κ2) is 7.65. The van der Waals surface area contributed by atoms with Crippen LogP contribution in [0.3, 0.4) is 0 Å². The van der Waals surface area contributed by atoms with Gasteiger partial charge in [0, 0.05) is 13.5 Å². The fraction of sp³-hybridized carbons (Fsp3) is 0.500. The number of anilines is 1. The number of carboxylic acid groups (broad SMARTS) is 1. The van der Waals surface area contributed by atoms with Gasteiger partial charge in [0.15, 0.2) is 6.04 Å². The van der Waals surface area contributed by atoms with E-state index in [9.17, 15) is 14.7 Å². The molecular formula is C18H23N3O4. The number of hydrogen-bond donors (Lipinski definition) is 2. The van der Waals surface area contributed by atoms with Crippen LogP contribution >= 0.6 is 0 Å². The molecule has 7 nitrogen and oxygen atoms in total. The number of hydrazone groups is 1. The van der Waals surface area contributed by atoms with E-state index in [4.69, 9.17) is 4.74 Å². The van der Waals surface area contributed by atoms with Crippen molar-refractivity contribution in [3.05, 3.63) is 30.3 Å². The number of nitrogens with zero attached hydrogens (tertiary/aromatic N) is 2. The number of methoxy groups -OCH3 is 1. The van der Waals surface area contributed by atoms with E-state index >= 15 is 0 Å². The molecule has 1 aromatic rings. The van der Waals surface area contributed by atoms with Gasteiger partial charge in [0.2, 0.25) is 0 Å². The Morgan fingerprint density at radius 1 is 1.24 bits per heavy atom. The summed E-state index contributed by atoms with van der Waals surface area (Å²) in [6, 6.07) is 8.11. The van der Waals surface area contributed by atoms with E-state index in [0.29, 0.717) is 5.69 Å². The van der Waals surface area contributed by atoms with Crippen LogP contribution in [0.15, 0.2) is 35.4 Å². The van der Waals surface area contributed by atoms with Crippen molar-refractivity contribution in [1.82, 2.24) is 5.32 Å². The molecule has 3 rings (SSSR count). The Hall–Kier alpha value is -2.41. The minimum atomic E-state index is -0.997. The van der Waals surface area contributed by atoms with Gasteiger partial charge in [-0.25, -0.2) is 4.79 Å². The number of nitrogens with one attached hydrogen (secondary N) is 1. The van der Waals surface area contributed by atoms with Crippen molar-refractivity contribution >= 4 is 23.3 Å². The molecule has 0 bridgehead atoms. The molecule has 25 heavy (non-hydrogen) atoms. The predicted octanol–water partition coefficient (Wildman–Crippen LogP) is 1.78. The highest BCUT2D eigenvalue weighted by molar-refractivity contribution is 6.40. The number of carbonyl (C=O) groups is 2. The quantitative estimate of drug-likeness (QED) is 0.849. The standard InChI is InChI=1S/C18H23N3O4/c1-25-16-10-6-5-9-13(16)19-17(22)14-11-15(18(23)24)21(20-14)12-7-3-2-4-8-12/h2-4,7-8,13,15-16H,5-6,9-11H2,1H3,(H,19,22)(H,23,24)/t13-,15?,16-/m0/s1. The molecule has 1 aliphatic heterocycles. The van der Waals surface area contributed by atoms with E-state index in [-0.39, 0.29) is 30.2 Å². The average molecular weight is 345 g/mol.